The van der Waals surface area contributed by atoms with Crippen molar-refractivity contribution in [2.45, 2.75) is 84.3 Å². The van der Waals surface area contributed by atoms with Gasteiger partial charge in [0.05, 0.1) is 18.2 Å². The number of hydrogen-bond donors (Lipinski definition) is 0. The van der Waals surface area contributed by atoms with E-state index in [0.717, 1.165) is 36.9 Å². The average Bonchev–Trinajstić information content (AvgIpc) is 3.25. The molecule has 0 radical (unpaired) electrons. The van der Waals surface area contributed by atoms with Gasteiger partial charge in [-0.2, -0.15) is 5.10 Å². The molecule has 0 bridgehead atoms. The monoisotopic (exact) mass is 461 g/mol. The number of fused-ring (bicyclic) bond motifs is 1. The smallest absolute Gasteiger partial charge is 0.308 e. The van der Waals surface area contributed by atoms with Crippen molar-refractivity contribution in [2.75, 3.05) is 0 Å². The van der Waals surface area contributed by atoms with Crippen LogP contribution in [-0.2, 0) is 28.8 Å². The average molecular weight is 462 g/mol. The summed E-state index contributed by atoms with van der Waals surface area (Å²) in [5.41, 5.74) is 4.04. The Bertz CT molecular complexity index is 1100. The molecule has 4 rings (SSSR count). The molecule has 2 atom stereocenters. The molecule has 0 unspecified atom stereocenters. The SMILES string of the molecule is Cc1ncc([C@H](CC(=O)OC(C)(C)C)n2ccc(CCC[C@H]3CCc4cccnc4C3)n2)cn1. The number of aryl methyl sites for hydroxylation is 3. The van der Waals surface area contributed by atoms with Crippen LogP contribution in [0, 0.1) is 12.8 Å². The normalized spacial score (nSPS) is 16.6. The molecule has 7 nitrogen and oxygen atoms in total. The van der Waals surface area contributed by atoms with Gasteiger partial charge in [0, 0.05) is 36.0 Å². The van der Waals surface area contributed by atoms with E-state index in [1.165, 1.54) is 24.1 Å². The molecule has 1 aliphatic rings. The number of hydrogen-bond acceptors (Lipinski definition) is 6. The molecule has 0 N–H and O–H groups in total. The predicted molar refractivity (Wildman–Crippen MR) is 130 cm³/mol. The van der Waals surface area contributed by atoms with Crippen LogP contribution < -0.4 is 0 Å². The zero-order chi connectivity index (χ0) is 24.1. The van der Waals surface area contributed by atoms with Gasteiger partial charge in [-0.3, -0.25) is 14.5 Å². The van der Waals surface area contributed by atoms with Crippen LogP contribution >= 0.6 is 0 Å². The van der Waals surface area contributed by atoms with Gasteiger partial charge in [-0.15, -0.1) is 0 Å². The Morgan fingerprint density at radius 1 is 1.21 bits per heavy atom. The Morgan fingerprint density at radius 3 is 2.76 bits per heavy atom. The number of carbonyl (C=O) groups is 1. The van der Waals surface area contributed by atoms with E-state index in [1.54, 1.807) is 12.4 Å². The lowest BCUT2D eigenvalue weighted by Gasteiger charge is -2.23. The Balaban J connectivity index is 1.38. The fourth-order valence-electron chi connectivity index (χ4n) is 4.60. The van der Waals surface area contributed by atoms with E-state index in [1.807, 2.05) is 50.8 Å². The maximum Gasteiger partial charge on any atom is 0.308 e. The van der Waals surface area contributed by atoms with E-state index >= 15 is 0 Å². The summed E-state index contributed by atoms with van der Waals surface area (Å²) in [6.45, 7) is 7.48. The van der Waals surface area contributed by atoms with Crippen LogP contribution in [0.4, 0.5) is 0 Å². The highest BCUT2D eigenvalue weighted by Crippen LogP contribution is 2.28. The largest absolute Gasteiger partial charge is 0.460 e. The number of carbonyl (C=O) groups excluding carboxylic acids is 1. The van der Waals surface area contributed by atoms with E-state index in [-0.39, 0.29) is 18.4 Å². The van der Waals surface area contributed by atoms with Gasteiger partial charge in [-0.1, -0.05) is 6.07 Å². The second-order valence-electron chi connectivity index (χ2n) is 10.3. The van der Waals surface area contributed by atoms with E-state index in [2.05, 4.69) is 27.1 Å². The topological polar surface area (TPSA) is 82.8 Å². The van der Waals surface area contributed by atoms with Gasteiger partial charge in [0.25, 0.3) is 0 Å². The molecule has 0 spiro atoms. The second kappa shape index (κ2) is 10.5. The molecule has 180 valence electrons. The van der Waals surface area contributed by atoms with Crippen molar-refractivity contribution < 1.29 is 9.53 Å². The first-order chi connectivity index (χ1) is 16.3. The van der Waals surface area contributed by atoms with Crippen LogP contribution in [0.25, 0.3) is 0 Å². The number of esters is 1. The van der Waals surface area contributed by atoms with Crippen LogP contribution in [0.2, 0.25) is 0 Å². The molecule has 3 aromatic rings. The lowest BCUT2D eigenvalue weighted by atomic mass is 9.84. The molecular weight excluding hydrogens is 426 g/mol. The summed E-state index contributed by atoms with van der Waals surface area (Å²) in [7, 11) is 0. The zero-order valence-corrected chi connectivity index (χ0v) is 20.7. The van der Waals surface area contributed by atoms with Crippen molar-refractivity contribution >= 4 is 5.97 Å². The van der Waals surface area contributed by atoms with Gasteiger partial charge in [-0.25, -0.2) is 9.97 Å². The van der Waals surface area contributed by atoms with Gasteiger partial charge in [0.1, 0.15) is 11.4 Å². The van der Waals surface area contributed by atoms with E-state index in [0.29, 0.717) is 11.7 Å². The Hall–Kier alpha value is -3.09. The first kappa shape index (κ1) is 24.0. The standard InChI is InChI=1S/C27H35N5O2/c1-19-29-17-22(18-30-19)25(16-26(33)34-27(2,3)4)32-14-12-23(31-32)9-5-7-20-10-11-21-8-6-13-28-24(21)15-20/h6,8,12-14,17-18,20,25H,5,7,9-11,15-16H2,1-4H3/t20-,25-/m0/s1. The minimum absolute atomic E-state index is 0.180. The number of aromatic nitrogens is 5. The minimum Gasteiger partial charge on any atom is -0.460 e. The van der Waals surface area contributed by atoms with Gasteiger partial charge in [-0.05, 0) is 89.8 Å². The first-order valence-corrected chi connectivity index (χ1v) is 12.2. The molecule has 0 aromatic carbocycles. The number of pyridine rings is 1. The van der Waals surface area contributed by atoms with Crippen molar-refractivity contribution in [2.24, 2.45) is 5.92 Å². The van der Waals surface area contributed by atoms with Crippen molar-refractivity contribution in [1.29, 1.82) is 0 Å². The molecule has 1 aliphatic carbocycles. The molecule has 0 saturated carbocycles. The van der Waals surface area contributed by atoms with Crippen LogP contribution in [0.1, 0.15) is 80.8 Å². The van der Waals surface area contributed by atoms with Crippen LogP contribution in [0.15, 0.2) is 43.0 Å². The third-order valence-corrected chi connectivity index (χ3v) is 6.28. The summed E-state index contributed by atoms with van der Waals surface area (Å²) >= 11 is 0. The van der Waals surface area contributed by atoms with Gasteiger partial charge < -0.3 is 4.74 Å². The summed E-state index contributed by atoms with van der Waals surface area (Å²) in [4.78, 5) is 25.8. The maximum absolute atomic E-state index is 12.6. The van der Waals surface area contributed by atoms with E-state index in [4.69, 9.17) is 9.84 Å². The van der Waals surface area contributed by atoms with Crippen molar-refractivity contribution in [1.82, 2.24) is 24.7 Å². The van der Waals surface area contributed by atoms with E-state index in [9.17, 15) is 4.79 Å². The molecule has 0 amide bonds. The summed E-state index contributed by atoms with van der Waals surface area (Å²) in [6.07, 6.45) is 14.2. The molecule has 3 aromatic heterocycles. The molecular formula is C27H35N5O2. The molecule has 0 fully saturated rings. The fraction of sp³-hybridized carbons (Fsp3) is 0.519. The highest BCUT2D eigenvalue weighted by atomic mass is 16.6. The van der Waals surface area contributed by atoms with Gasteiger partial charge >= 0.3 is 5.97 Å². The van der Waals surface area contributed by atoms with Crippen molar-refractivity contribution in [3.8, 4) is 0 Å². The Labute approximate surface area is 202 Å². The summed E-state index contributed by atoms with van der Waals surface area (Å²) in [6, 6.07) is 5.99. The Kier molecular flexibility index (Phi) is 7.39. The summed E-state index contributed by atoms with van der Waals surface area (Å²) in [5.74, 6) is 1.12. The first-order valence-electron chi connectivity index (χ1n) is 12.2. The van der Waals surface area contributed by atoms with E-state index < -0.39 is 5.60 Å². The van der Waals surface area contributed by atoms with Gasteiger partial charge in [0.15, 0.2) is 0 Å². The summed E-state index contributed by atoms with van der Waals surface area (Å²) < 4.78 is 7.43. The summed E-state index contributed by atoms with van der Waals surface area (Å²) in [5, 5.41) is 4.82. The molecule has 7 heteroatoms. The van der Waals surface area contributed by atoms with Crippen LogP contribution in [-0.4, -0.2) is 36.3 Å². The fourth-order valence-corrected chi connectivity index (χ4v) is 4.60. The molecule has 0 saturated heterocycles. The number of rotatable bonds is 8. The van der Waals surface area contributed by atoms with Gasteiger partial charge in [0.2, 0.25) is 0 Å². The van der Waals surface area contributed by atoms with Crippen LogP contribution in [0.5, 0.6) is 0 Å². The highest BCUT2D eigenvalue weighted by molar-refractivity contribution is 5.71. The predicted octanol–water partition coefficient (Wildman–Crippen LogP) is 4.83. The molecule has 34 heavy (non-hydrogen) atoms. The number of nitrogens with zero attached hydrogens (tertiary/aromatic N) is 5. The van der Waals surface area contributed by atoms with Crippen molar-refractivity contribution in [3.05, 3.63) is 71.3 Å². The lowest BCUT2D eigenvalue weighted by molar-refractivity contribution is -0.155. The second-order valence-corrected chi connectivity index (χ2v) is 10.3. The Morgan fingerprint density at radius 2 is 2.00 bits per heavy atom. The molecule has 0 aliphatic heterocycles. The number of ether oxygens (including phenoxy) is 1. The zero-order valence-electron chi connectivity index (χ0n) is 20.7. The third-order valence-electron chi connectivity index (χ3n) is 6.28. The highest BCUT2D eigenvalue weighted by Gasteiger charge is 2.24. The quantitative estimate of drug-likeness (QED) is 0.447. The maximum atomic E-state index is 12.6. The lowest BCUT2D eigenvalue weighted by Crippen LogP contribution is -2.26. The molecule has 3 heterocycles. The van der Waals surface area contributed by atoms with Crippen LogP contribution in [0.3, 0.4) is 0 Å². The minimum atomic E-state index is -0.532. The third kappa shape index (κ3) is 6.49. The van der Waals surface area contributed by atoms with Crippen molar-refractivity contribution in [3.63, 3.8) is 0 Å².